The van der Waals surface area contributed by atoms with Crippen LogP contribution >= 0.6 is 0 Å². The van der Waals surface area contributed by atoms with Crippen LogP contribution < -0.4 is 0 Å². The summed E-state index contributed by atoms with van der Waals surface area (Å²) in [6, 6.07) is 0. The molecule has 1 heterocycles. The Hall–Kier alpha value is -0.691. The smallest absolute Gasteiger partial charge is 0.314 e. The zero-order chi connectivity index (χ0) is 17.8. The first-order valence-corrected chi connectivity index (χ1v) is 6.72. The first-order chi connectivity index (χ1) is 11.2. The number of aromatic nitrogens is 2. The Morgan fingerprint density at radius 2 is 1.16 bits per heavy atom. The van der Waals surface area contributed by atoms with Crippen molar-refractivity contribution in [2.45, 2.75) is 17.9 Å². The van der Waals surface area contributed by atoms with Crippen LogP contribution in [0.25, 0.3) is 0 Å². The van der Waals surface area contributed by atoms with Gasteiger partial charge in [0.05, 0.1) is 6.33 Å². The van der Waals surface area contributed by atoms with Gasteiger partial charge in [0.15, 0.2) is 0 Å². The quantitative estimate of drug-likeness (QED) is 0.538. The van der Waals surface area contributed by atoms with E-state index in [1.807, 2.05) is 32.1 Å². The molecular formula is C16H12F6FeN2+2. The van der Waals surface area contributed by atoms with Crippen LogP contribution in [0.1, 0.15) is 0 Å². The minimum atomic E-state index is -5.56. The number of hydrogen-bond donors (Lipinski definition) is 0. The molecule has 2 saturated carbocycles. The summed E-state index contributed by atoms with van der Waals surface area (Å²) in [6.07, 6.45) is 4.75. The van der Waals surface area contributed by atoms with E-state index in [0.29, 0.717) is 12.5 Å². The van der Waals surface area contributed by atoms with Crippen molar-refractivity contribution in [2.75, 3.05) is 0 Å². The third-order valence-corrected chi connectivity index (χ3v) is 3.35. The maximum Gasteiger partial charge on any atom is 2.00 e. The van der Waals surface area contributed by atoms with Gasteiger partial charge in [0.25, 0.3) is 0 Å². The molecule has 0 N–H and O–H groups in total. The molecule has 2 nitrogen and oxygen atoms in total. The summed E-state index contributed by atoms with van der Waals surface area (Å²) in [4.78, 5) is 3.29. The fourth-order valence-corrected chi connectivity index (χ4v) is 2.32. The van der Waals surface area contributed by atoms with Crippen molar-refractivity contribution in [3.63, 3.8) is 0 Å². The van der Waals surface area contributed by atoms with E-state index in [-0.39, 0.29) is 21.6 Å². The van der Waals surface area contributed by atoms with Crippen LogP contribution in [0, 0.1) is 63.7 Å². The largest absolute Gasteiger partial charge is 2.00 e. The van der Waals surface area contributed by atoms with Crippen molar-refractivity contribution in [3.8, 4) is 0 Å². The molecule has 9 heteroatoms. The van der Waals surface area contributed by atoms with E-state index < -0.39 is 23.8 Å². The van der Waals surface area contributed by atoms with Gasteiger partial charge in [-0.15, -0.1) is 0 Å². The van der Waals surface area contributed by atoms with Crippen LogP contribution in [0.2, 0.25) is 0 Å². The van der Waals surface area contributed by atoms with Crippen molar-refractivity contribution in [1.82, 2.24) is 9.55 Å². The number of halogens is 6. The summed E-state index contributed by atoms with van der Waals surface area (Å²) < 4.78 is 79.4. The molecule has 25 heavy (non-hydrogen) atoms. The molecule has 2 fully saturated rings. The molecule has 0 unspecified atom stereocenters. The summed E-state index contributed by atoms with van der Waals surface area (Å²) >= 11 is 0. The second-order valence-corrected chi connectivity index (χ2v) is 4.81. The van der Waals surface area contributed by atoms with Gasteiger partial charge in [-0.25, -0.2) is 4.98 Å². The summed E-state index contributed by atoms with van der Waals surface area (Å²) in [5.74, 6) is -0.898. The molecular weight excluding hydrogens is 390 g/mol. The Balaban J connectivity index is 0.000000448. The Morgan fingerprint density at radius 1 is 0.720 bits per heavy atom. The maximum atomic E-state index is 13.2. The van der Waals surface area contributed by atoms with Gasteiger partial charge in [-0.05, 0) is 57.8 Å². The standard InChI is InChI=1S/C11H7F6N2.C5H5.Fe/c12-10(13,14)9(11(15,16)17,8-3-1-2-4-8)19-6-5-18-7-19;1-2-4-5-3-1;/h1-7H;1-5H;/q;;+2. The average Bonchev–Trinajstić information content (AvgIpc) is 3.23. The second kappa shape index (κ2) is 8.80. The summed E-state index contributed by atoms with van der Waals surface area (Å²) in [6.45, 7) is 0. The Morgan fingerprint density at radius 3 is 1.48 bits per heavy atom. The normalized spacial score (nSPS) is 19.3. The first-order valence-electron chi connectivity index (χ1n) is 6.72. The van der Waals surface area contributed by atoms with E-state index in [4.69, 9.17) is 0 Å². The third kappa shape index (κ3) is 4.54. The summed E-state index contributed by atoms with van der Waals surface area (Å²) in [5, 5.41) is 0. The van der Waals surface area contributed by atoms with Crippen LogP contribution in [0.4, 0.5) is 26.3 Å². The van der Waals surface area contributed by atoms with Crippen LogP contribution in [0.5, 0.6) is 0 Å². The predicted molar refractivity (Wildman–Crippen MR) is 74.3 cm³/mol. The Kier molecular flexibility index (Phi) is 7.87. The molecule has 1 aromatic rings. The molecule has 0 atom stereocenters. The van der Waals surface area contributed by atoms with E-state index in [0.717, 1.165) is 31.9 Å². The zero-order valence-corrected chi connectivity index (χ0v) is 13.5. The van der Waals surface area contributed by atoms with E-state index in [1.165, 1.54) is 0 Å². The number of alkyl halides is 6. The fraction of sp³-hybridized carbons (Fsp3) is 0.188. The first kappa shape index (κ1) is 22.4. The number of hydrogen-bond acceptors (Lipinski definition) is 1. The van der Waals surface area contributed by atoms with E-state index in [1.54, 1.807) is 0 Å². The molecule has 0 spiro atoms. The van der Waals surface area contributed by atoms with Crippen molar-refractivity contribution < 1.29 is 43.4 Å². The van der Waals surface area contributed by atoms with E-state index in [9.17, 15) is 26.3 Å². The van der Waals surface area contributed by atoms with Crippen molar-refractivity contribution in [1.29, 1.82) is 0 Å². The van der Waals surface area contributed by atoms with Gasteiger partial charge in [0.1, 0.15) is 0 Å². The van der Waals surface area contributed by atoms with Crippen LogP contribution in [-0.4, -0.2) is 21.9 Å². The summed E-state index contributed by atoms with van der Waals surface area (Å²) in [5.41, 5.74) is -4.12. The fourth-order valence-electron chi connectivity index (χ4n) is 2.32. The van der Waals surface area contributed by atoms with Gasteiger partial charge in [-0.3, -0.25) is 0 Å². The average molecular weight is 402 g/mol. The number of nitrogens with zero attached hydrogens (tertiary/aromatic N) is 2. The van der Waals surface area contributed by atoms with E-state index in [2.05, 4.69) is 4.98 Å². The van der Waals surface area contributed by atoms with E-state index >= 15 is 0 Å². The Bertz CT molecular complexity index is 466. The van der Waals surface area contributed by atoms with Gasteiger partial charge >= 0.3 is 29.4 Å². The Labute approximate surface area is 153 Å². The topological polar surface area (TPSA) is 17.8 Å². The summed E-state index contributed by atoms with van der Waals surface area (Å²) in [7, 11) is 0. The number of imidazole rings is 1. The van der Waals surface area contributed by atoms with Crippen LogP contribution in [0.3, 0.4) is 0 Å². The monoisotopic (exact) mass is 402 g/mol. The van der Waals surface area contributed by atoms with Gasteiger partial charge in [-0.1, -0.05) is 0 Å². The molecule has 3 rings (SSSR count). The molecule has 2 aliphatic rings. The van der Waals surface area contributed by atoms with Crippen LogP contribution in [-0.2, 0) is 22.6 Å². The molecule has 0 bridgehead atoms. The van der Waals surface area contributed by atoms with Gasteiger partial charge in [-0.2, -0.15) is 26.3 Å². The van der Waals surface area contributed by atoms with Crippen molar-refractivity contribution in [2.24, 2.45) is 0 Å². The molecule has 0 saturated heterocycles. The molecule has 0 amide bonds. The molecule has 2 aliphatic carbocycles. The second-order valence-electron chi connectivity index (χ2n) is 4.81. The molecule has 1 aromatic heterocycles. The van der Waals surface area contributed by atoms with Gasteiger partial charge in [0.2, 0.25) is 5.54 Å². The number of rotatable bonds is 2. The van der Waals surface area contributed by atoms with Gasteiger partial charge < -0.3 is 4.57 Å². The molecule has 0 aromatic carbocycles. The van der Waals surface area contributed by atoms with Crippen LogP contribution in [0.15, 0.2) is 18.7 Å². The predicted octanol–water partition coefficient (Wildman–Crippen LogP) is 4.13. The zero-order valence-electron chi connectivity index (χ0n) is 12.4. The molecule has 10 radical (unpaired) electrons. The third-order valence-electron chi connectivity index (χ3n) is 3.35. The van der Waals surface area contributed by atoms with Crippen molar-refractivity contribution in [3.05, 3.63) is 82.4 Å². The SMILES string of the molecule is FC(F)(F)C([C]1[CH][CH][CH][CH]1)(n1ccnc1)C(F)(F)F.[CH]1[CH][CH][CH][CH]1.[Fe+2]. The minimum absolute atomic E-state index is 0. The molecule has 134 valence electrons. The maximum absolute atomic E-state index is 13.2. The van der Waals surface area contributed by atoms with Crippen molar-refractivity contribution >= 4 is 0 Å². The minimum Gasteiger partial charge on any atom is -0.314 e. The molecule has 0 aliphatic heterocycles. The van der Waals surface area contributed by atoms with Gasteiger partial charge in [0, 0.05) is 18.3 Å².